The van der Waals surface area contributed by atoms with Crippen molar-refractivity contribution in [2.75, 3.05) is 11.4 Å². The Morgan fingerprint density at radius 3 is 3.05 bits per heavy atom. The number of amides is 1. The van der Waals surface area contributed by atoms with Gasteiger partial charge in [-0.25, -0.2) is 4.39 Å². The van der Waals surface area contributed by atoms with Gasteiger partial charge in [0.25, 0.3) is 0 Å². The van der Waals surface area contributed by atoms with Gasteiger partial charge in [0.15, 0.2) is 5.82 Å². The summed E-state index contributed by atoms with van der Waals surface area (Å²) in [5.41, 5.74) is 0.576. The van der Waals surface area contributed by atoms with Crippen molar-refractivity contribution >= 4 is 23.2 Å². The number of carbonyl (C=O) groups excluding carboxylic acids is 1. The van der Waals surface area contributed by atoms with E-state index in [0.29, 0.717) is 30.4 Å². The first kappa shape index (κ1) is 15.0. The molecule has 2 heterocycles. The van der Waals surface area contributed by atoms with Crippen molar-refractivity contribution in [2.45, 2.75) is 32.1 Å². The van der Waals surface area contributed by atoms with Crippen LogP contribution < -0.4 is 4.90 Å². The van der Waals surface area contributed by atoms with E-state index in [9.17, 15) is 9.18 Å². The van der Waals surface area contributed by atoms with Crippen LogP contribution in [0.2, 0.25) is 5.02 Å². The van der Waals surface area contributed by atoms with E-state index < -0.39 is 5.82 Å². The summed E-state index contributed by atoms with van der Waals surface area (Å²) in [4.78, 5) is 18.1. The number of aryl methyl sites for hydroxylation is 1. The fourth-order valence-electron chi connectivity index (χ4n) is 2.53. The van der Waals surface area contributed by atoms with Crippen molar-refractivity contribution in [3.8, 4) is 0 Å². The zero-order valence-corrected chi connectivity index (χ0v) is 12.8. The Bertz CT molecular complexity index is 704. The SMILES string of the molecule is CCCc1noc(C2CC(=O)N(c3ccc(F)c(Cl)c3)C2)n1. The molecule has 1 saturated heterocycles. The van der Waals surface area contributed by atoms with Crippen LogP contribution in [-0.2, 0) is 11.2 Å². The van der Waals surface area contributed by atoms with Crippen LogP contribution in [0.4, 0.5) is 10.1 Å². The normalized spacial score (nSPS) is 18.2. The maximum Gasteiger partial charge on any atom is 0.232 e. The molecule has 1 amide bonds. The predicted octanol–water partition coefficient (Wildman–Crippen LogP) is 3.34. The monoisotopic (exact) mass is 323 g/mol. The second-order valence-electron chi connectivity index (χ2n) is 5.30. The number of rotatable bonds is 4. The third kappa shape index (κ3) is 2.83. The maximum absolute atomic E-state index is 13.2. The first-order chi connectivity index (χ1) is 10.6. The van der Waals surface area contributed by atoms with Gasteiger partial charge < -0.3 is 9.42 Å². The van der Waals surface area contributed by atoms with E-state index in [1.165, 1.54) is 18.2 Å². The largest absolute Gasteiger partial charge is 0.339 e. The quantitative estimate of drug-likeness (QED) is 0.866. The molecule has 0 N–H and O–H groups in total. The predicted molar refractivity (Wildman–Crippen MR) is 79.4 cm³/mol. The highest BCUT2D eigenvalue weighted by molar-refractivity contribution is 6.31. The van der Waals surface area contributed by atoms with Crippen LogP contribution in [0.5, 0.6) is 0 Å². The standard InChI is InChI=1S/C15H15ClFN3O2/c1-2-3-13-18-15(22-19-13)9-6-14(21)20(8-9)10-4-5-12(17)11(16)7-10/h4-5,7,9H,2-3,6,8H2,1H3. The van der Waals surface area contributed by atoms with Crippen LogP contribution in [0, 0.1) is 5.82 Å². The number of benzene rings is 1. The van der Waals surface area contributed by atoms with Crippen LogP contribution >= 0.6 is 11.6 Å². The minimum absolute atomic E-state index is 0.00299. The summed E-state index contributed by atoms with van der Waals surface area (Å²) < 4.78 is 18.5. The summed E-state index contributed by atoms with van der Waals surface area (Å²) in [7, 11) is 0. The Morgan fingerprint density at radius 1 is 1.50 bits per heavy atom. The van der Waals surface area contributed by atoms with Gasteiger partial charge in [0, 0.05) is 25.1 Å². The molecular formula is C15H15ClFN3O2. The van der Waals surface area contributed by atoms with Crippen LogP contribution in [0.15, 0.2) is 22.7 Å². The third-order valence-corrected chi connectivity index (χ3v) is 3.94. The Labute approximate surface area is 132 Å². The summed E-state index contributed by atoms with van der Waals surface area (Å²) >= 11 is 5.78. The van der Waals surface area contributed by atoms with Crippen LogP contribution in [0.1, 0.15) is 37.4 Å². The van der Waals surface area contributed by atoms with Crippen molar-refractivity contribution in [3.05, 3.63) is 40.8 Å². The van der Waals surface area contributed by atoms with E-state index in [1.807, 2.05) is 6.92 Å². The van der Waals surface area contributed by atoms with Crippen LogP contribution in [0.25, 0.3) is 0 Å². The van der Waals surface area contributed by atoms with Crippen molar-refractivity contribution in [3.63, 3.8) is 0 Å². The van der Waals surface area contributed by atoms with Gasteiger partial charge in [-0.3, -0.25) is 4.79 Å². The zero-order chi connectivity index (χ0) is 15.7. The fraction of sp³-hybridized carbons (Fsp3) is 0.400. The number of halogens is 2. The molecule has 0 aliphatic carbocycles. The van der Waals surface area contributed by atoms with Crippen molar-refractivity contribution in [1.29, 1.82) is 0 Å². The molecule has 1 aromatic heterocycles. The van der Waals surface area contributed by atoms with E-state index >= 15 is 0 Å². The van der Waals surface area contributed by atoms with Crippen LogP contribution in [0.3, 0.4) is 0 Å². The molecular weight excluding hydrogens is 309 g/mol. The zero-order valence-electron chi connectivity index (χ0n) is 12.1. The summed E-state index contributed by atoms with van der Waals surface area (Å²) in [5.74, 6) is 0.424. The molecule has 116 valence electrons. The van der Waals surface area contributed by atoms with E-state index in [2.05, 4.69) is 10.1 Å². The van der Waals surface area contributed by atoms with Gasteiger partial charge in [-0.05, 0) is 24.6 Å². The van der Waals surface area contributed by atoms with Gasteiger partial charge in [-0.1, -0.05) is 23.7 Å². The highest BCUT2D eigenvalue weighted by Gasteiger charge is 2.35. The molecule has 1 aromatic carbocycles. The molecule has 22 heavy (non-hydrogen) atoms. The van der Waals surface area contributed by atoms with E-state index in [-0.39, 0.29) is 16.8 Å². The number of hydrogen-bond donors (Lipinski definition) is 0. The lowest BCUT2D eigenvalue weighted by Crippen LogP contribution is -2.24. The smallest absolute Gasteiger partial charge is 0.232 e. The molecule has 1 fully saturated rings. The topological polar surface area (TPSA) is 59.2 Å². The van der Waals surface area contributed by atoms with Gasteiger partial charge in [-0.15, -0.1) is 0 Å². The molecule has 0 saturated carbocycles. The van der Waals surface area contributed by atoms with Crippen molar-refractivity contribution < 1.29 is 13.7 Å². The Kier molecular flexibility index (Phi) is 4.11. The minimum atomic E-state index is -0.505. The average molecular weight is 324 g/mol. The highest BCUT2D eigenvalue weighted by atomic mass is 35.5. The molecule has 3 rings (SSSR count). The molecule has 0 spiro atoms. The second kappa shape index (κ2) is 6.04. The summed E-state index contributed by atoms with van der Waals surface area (Å²) in [5, 5.41) is 3.91. The van der Waals surface area contributed by atoms with E-state index in [4.69, 9.17) is 16.1 Å². The van der Waals surface area contributed by atoms with Gasteiger partial charge in [0.05, 0.1) is 10.9 Å². The molecule has 2 aromatic rings. The number of carbonyl (C=O) groups is 1. The Hall–Kier alpha value is -1.95. The van der Waals surface area contributed by atoms with E-state index in [1.54, 1.807) is 4.90 Å². The van der Waals surface area contributed by atoms with E-state index in [0.717, 1.165) is 12.8 Å². The second-order valence-corrected chi connectivity index (χ2v) is 5.71. The lowest BCUT2D eigenvalue weighted by atomic mass is 10.1. The average Bonchev–Trinajstić information content (AvgIpc) is 3.09. The minimum Gasteiger partial charge on any atom is -0.339 e. The molecule has 1 atom stereocenters. The molecule has 5 nitrogen and oxygen atoms in total. The molecule has 0 radical (unpaired) electrons. The fourth-order valence-corrected chi connectivity index (χ4v) is 2.71. The summed E-state index contributed by atoms with van der Waals surface area (Å²) in [6.07, 6.45) is 1.98. The van der Waals surface area contributed by atoms with Gasteiger partial charge in [-0.2, -0.15) is 4.98 Å². The van der Waals surface area contributed by atoms with Gasteiger partial charge >= 0.3 is 0 Å². The third-order valence-electron chi connectivity index (χ3n) is 3.65. The lowest BCUT2D eigenvalue weighted by molar-refractivity contribution is -0.117. The lowest BCUT2D eigenvalue weighted by Gasteiger charge is -2.16. The molecule has 7 heteroatoms. The summed E-state index contributed by atoms with van der Waals surface area (Å²) in [6.45, 7) is 2.46. The molecule has 1 aliphatic heterocycles. The van der Waals surface area contributed by atoms with Crippen molar-refractivity contribution in [2.24, 2.45) is 0 Å². The van der Waals surface area contributed by atoms with Gasteiger partial charge in [0.1, 0.15) is 5.82 Å². The molecule has 0 bridgehead atoms. The number of aromatic nitrogens is 2. The number of nitrogens with zero attached hydrogens (tertiary/aromatic N) is 3. The first-order valence-corrected chi connectivity index (χ1v) is 7.54. The molecule has 1 aliphatic rings. The number of hydrogen-bond acceptors (Lipinski definition) is 4. The van der Waals surface area contributed by atoms with Crippen LogP contribution in [-0.4, -0.2) is 22.6 Å². The Balaban J connectivity index is 1.78. The first-order valence-electron chi connectivity index (χ1n) is 7.16. The molecule has 1 unspecified atom stereocenters. The summed E-state index contributed by atoms with van der Waals surface area (Å²) in [6, 6.07) is 4.25. The maximum atomic E-state index is 13.2. The van der Waals surface area contributed by atoms with Gasteiger partial charge in [0.2, 0.25) is 11.8 Å². The highest BCUT2D eigenvalue weighted by Crippen LogP contribution is 2.32. The van der Waals surface area contributed by atoms with Crippen molar-refractivity contribution in [1.82, 2.24) is 10.1 Å². The Morgan fingerprint density at radius 2 is 2.32 bits per heavy atom. The number of anilines is 1.